The molecule has 2 aromatic heterocycles. The predicted molar refractivity (Wildman–Crippen MR) is 90.1 cm³/mol. The molecule has 0 spiro atoms. The molecular weight excluding hydrogens is 288 g/mol. The summed E-state index contributed by atoms with van der Waals surface area (Å²) in [5, 5.41) is 0. The van der Waals surface area contributed by atoms with Gasteiger partial charge >= 0.3 is 0 Å². The summed E-state index contributed by atoms with van der Waals surface area (Å²) in [6.45, 7) is 0.759. The number of ether oxygens (including phenoxy) is 1. The van der Waals surface area contributed by atoms with Crippen molar-refractivity contribution in [3.63, 3.8) is 0 Å². The largest absolute Gasteiger partial charge is 0.489 e. The molecule has 0 radical (unpaired) electrons. The van der Waals surface area contributed by atoms with E-state index in [-0.39, 0.29) is 6.10 Å². The van der Waals surface area contributed by atoms with Gasteiger partial charge in [-0.1, -0.05) is 0 Å². The SMILES string of the molecule is Nc1ccc(OC(CCc2ccncc2)Cn2ccnc2)cc1. The van der Waals surface area contributed by atoms with Gasteiger partial charge in [0.1, 0.15) is 11.9 Å². The number of nitrogen functional groups attached to an aromatic ring is 1. The molecule has 0 bridgehead atoms. The van der Waals surface area contributed by atoms with Crippen LogP contribution in [0.25, 0.3) is 0 Å². The maximum Gasteiger partial charge on any atom is 0.119 e. The zero-order valence-electron chi connectivity index (χ0n) is 12.9. The number of nitrogens with zero attached hydrogens (tertiary/aromatic N) is 3. The maximum absolute atomic E-state index is 6.14. The zero-order chi connectivity index (χ0) is 15.9. The number of aryl methyl sites for hydroxylation is 1. The summed E-state index contributed by atoms with van der Waals surface area (Å²) in [6.07, 6.45) is 11.1. The molecule has 0 saturated carbocycles. The number of hydrogen-bond acceptors (Lipinski definition) is 4. The monoisotopic (exact) mass is 308 g/mol. The molecule has 118 valence electrons. The van der Waals surface area contributed by atoms with Gasteiger partial charge in [-0.3, -0.25) is 4.98 Å². The van der Waals surface area contributed by atoms with Crippen LogP contribution >= 0.6 is 0 Å². The molecule has 0 amide bonds. The molecule has 2 N–H and O–H groups in total. The first kappa shape index (κ1) is 15.1. The summed E-state index contributed by atoms with van der Waals surface area (Å²) >= 11 is 0. The summed E-state index contributed by atoms with van der Waals surface area (Å²) in [4.78, 5) is 8.15. The molecule has 3 aromatic rings. The topological polar surface area (TPSA) is 66.0 Å². The van der Waals surface area contributed by atoms with Gasteiger partial charge in [-0.05, 0) is 54.8 Å². The van der Waals surface area contributed by atoms with Crippen molar-refractivity contribution in [1.82, 2.24) is 14.5 Å². The molecular formula is C18H20N4O. The van der Waals surface area contributed by atoms with Crippen LogP contribution in [0, 0.1) is 0 Å². The van der Waals surface area contributed by atoms with Crippen molar-refractivity contribution in [3.05, 3.63) is 73.1 Å². The fraction of sp³-hybridized carbons (Fsp3) is 0.222. The molecule has 2 heterocycles. The molecule has 1 unspecified atom stereocenters. The third kappa shape index (κ3) is 4.57. The van der Waals surface area contributed by atoms with E-state index in [2.05, 4.69) is 9.97 Å². The van der Waals surface area contributed by atoms with Gasteiger partial charge in [-0.15, -0.1) is 0 Å². The van der Waals surface area contributed by atoms with Gasteiger partial charge in [0, 0.05) is 30.5 Å². The van der Waals surface area contributed by atoms with Crippen LogP contribution in [0.3, 0.4) is 0 Å². The standard InChI is InChI=1S/C18H20N4O/c19-16-2-5-17(6-3-16)23-18(13-22-12-11-21-14-22)4-1-15-7-9-20-10-8-15/h2-3,5-12,14,18H,1,4,13,19H2. The fourth-order valence-corrected chi connectivity index (χ4v) is 2.43. The van der Waals surface area contributed by atoms with E-state index in [1.807, 2.05) is 65.9 Å². The summed E-state index contributed by atoms with van der Waals surface area (Å²) in [5.74, 6) is 0.832. The first-order valence-corrected chi connectivity index (χ1v) is 7.66. The Labute approximate surface area is 135 Å². The van der Waals surface area contributed by atoms with Crippen LogP contribution in [0.2, 0.25) is 0 Å². The van der Waals surface area contributed by atoms with Crippen LogP contribution in [0.4, 0.5) is 5.69 Å². The Morgan fingerprint density at radius 2 is 1.78 bits per heavy atom. The summed E-state index contributed by atoms with van der Waals surface area (Å²) < 4.78 is 8.18. The summed E-state index contributed by atoms with van der Waals surface area (Å²) in [5.41, 5.74) is 7.73. The Kier molecular flexibility index (Phi) is 4.88. The molecule has 5 nitrogen and oxygen atoms in total. The number of pyridine rings is 1. The van der Waals surface area contributed by atoms with E-state index in [9.17, 15) is 0 Å². The number of benzene rings is 1. The van der Waals surface area contributed by atoms with Crippen molar-refractivity contribution in [2.45, 2.75) is 25.5 Å². The van der Waals surface area contributed by atoms with Gasteiger partial charge in [-0.25, -0.2) is 4.98 Å². The van der Waals surface area contributed by atoms with Gasteiger partial charge in [-0.2, -0.15) is 0 Å². The van der Waals surface area contributed by atoms with Gasteiger partial charge in [0.05, 0.1) is 12.9 Å². The Morgan fingerprint density at radius 3 is 2.48 bits per heavy atom. The minimum atomic E-state index is 0.0565. The van der Waals surface area contributed by atoms with E-state index in [0.29, 0.717) is 0 Å². The van der Waals surface area contributed by atoms with E-state index < -0.39 is 0 Å². The van der Waals surface area contributed by atoms with Gasteiger partial charge < -0.3 is 15.0 Å². The minimum Gasteiger partial charge on any atom is -0.489 e. The number of aromatic nitrogens is 3. The molecule has 5 heteroatoms. The minimum absolute atomic E-state index is 0.0565. The van der Waals surface area contributed by atoms with E-state index in [0.717, 1.165) is 30.8 Å². The highest BCUT2D eigenvalue weighted by Gasteiger charge is 2.12. The first-order valence-electron chi connectivity index (χ1n) is 7.66. The maximum atomic E-state index is 6.14. The Bertz CT molecular complexity index is 696. The van der Waals surface area contributed by atoms with E-state index >= 15 is 0 Å². The van der Waals surface area contributed by atoms with Crippen molar-refractivity contribution >= 4 is 5.69 Å². The molecule has 23 heavy (non-hydrogen) atoms. The first-order chi connectivity index (χ1) is 11.3. The second-order valence-electron chi connectivity index (χ2n) is 5.46. The van der Waals surface area contributed by atoms with Crippen molar-refractivity contribution in [1.29, 1.82) is 0 Å². The fourth-order valence-electron chi connectivity index (χ4n) is 2.43. The number of hydrogen-bond donors (Lipinski definition) is 1. The lowest BCUT2D eigenvalue weighted by atomic mass is 10.1. The lowest BCUT2D eigenvalue weighted by molar-refractivity contribution is 0.170. The van der Waals surface area contributed by atoms with Gasteiger partial charge in [0.15, 0.2) is 0 Å². The second-order valence-corrected chi connectivity index (χ2v) is 5.46. The molecule has 0 aliphatic rings. The van der Waals surface area contributed by atoms with Crippen molar-refractivity contribution in [2.24, 2.45) is 0 Å². The Hall–Kier alpha value is -2.82. The third-order valence-corrected chi connectivity index (χ3v) is 3.66. The molecule has 3 rings (SSSR count). The third-order valence-electron chi connectivity index (χ3n) is 3.66. The molecule has 0 fully saturated rings. The zero-order valence-corrected chi connectivity index (χ0v) is 12.9. The average Bonchev–Trinajstić information content (AvgIpc) is 3.09. The number of nitrogens with two attached hydrogens (primary N) is 1. The van der Waals surface area contributed by atoms with Crippen molar-refractivity contribution in [3.8, 4) is 5.75 Å². The summed E-state index contributed by atoms with van der Waals surface area (Å²) in [6, 6.07) is 11.6. The normalized spacial score (nSPS) is 12.0. The van der Waals surface area contributed by atoms with Crippen LogP contribution in [-0.4, -0.2) is 20.6 Å². The number of rotatable bonds is 7. The van der Waals surface area contributed by atoms with Crippen LogP contribution in [0.5, 0.6) is 5.75 Å². The highest BCUT2D eigenvalue weighted by Crippen LogP contribution is 2.18. The lowest BCUT2D eigenvalue weighted by Crippen LogP contribution is -2.23. The van der Waals surface area contributed by atoms with Crippen molar-refractivity contribution in [2.75, 3.05) is 5.73 Å². The number of imidazole rings is 1. The highest BCUT2D eigenvalue weighted by molar-refractivity contribution is 5.41. The van der Waals surface area contributed by atoms with Crippen LogP contribution in [0.15, 0.2) is 67.5 Å². The molecule has 0 saturated heterocycles. The van der Waals surface area contributed by atoms with Crippen LogP contribution < -0.4 is 10.5 Å². The number of anilines is 1. The highest BCUT2D eigenvalue weighted by atomic mass is 16.5. The smallest absolute Gasteiger partial charge is 0.119 e. The second kappa shape index (κ2) is 7.45. The molecule has 0 aliphatic carbocycles. The van der Waals surface area contributed by atoms with Gasteiger partial charge in [0.2, 0.25) is 0 Å². The van der Waals surface area contributed by atoms with E-state index in [1.165, 1.54) is 5.56 Å². The van der Waals surface area contributed by atoms with Gasteiger partial charge in [0.25, 0.3) is 0 Å². The lowest BCUT2D eigenvalue weighted by Gasteiger charge is -2.20. The van der Waals surface area contributed by atoms with Crippen LogP contribution in [-0.2, 0) is 13.0 Å². The summed E-state index contributed by atoms with van der Waals surface area (Å²) in [7, 11) is 0. The Balaban J connectivity index is 1.66. The quantitative estimate of drug-likeness (QED) is 0.682. The molecule has 1 atom stereocenters. The predicted octanol–water partition coefficient (Wildman–Crippen LogP) is 2.94. The molecule has 1 aromatic carbocycles. The van der Waals surface area contributed by atoms with Crippen molar-refractivity contribution < 1.29 is 4.74 Å². The Morgan fingerprint density at radius 1 is 1.00 bits per heavy atom. The molecule has 0 aliphatic heterocycles. The van der Waals surface area contributed by atoms with Crippen LogP contribution in [0.1, 0.15) is 12.0 Å². The van der Waals surface area contributed by atoms with E-state index in [4.69, 9.17) is 10.5 Å². The average molecular weight is 308 g/mol. The van der Waals surface area contributed by atoms with E-state index in [1.54, 1.807) is 6.20 Å².